The topological polar surface area (TPSA) is 88.5 Å². The van der Waals surface area contributed by atoms with Crippen LogP contribution in [-0.4, -0.2) is 28.6 Å². The normalized spacial score (nSPS) is 10.2. The number of aliphatic carboxylic acids is 1. The third kappa shape index (κ3) is 6.08. The summed E-state index contributed by atoms with van der Waals surface area (Å²) in [6.07, 6.45) is 2.50. The monoisotopic (exact) mass is 328 g/mol. The van der Waals surface area contributed by atoms with E-state index < -0.39 is 5.97 Å². The highest BCUT2D eigenvalue weighted by atomic mass is 16.5. The molecule has 0 aliphatic carbocycles. The Kier molecular flexibility index (Phi) is 6.31. The van der Waals surface area contributed by atoms with Crippen molar-refractivity contribution in [2.75, 3.05) is 11.9 Å². The summed E-state index contributed by atoms with van der Waals surface area (Å²) in [7, 11) is 0. The molecule has 0 aliphatic heterocycles. The van der Waals surface area contributed by atoms with Crippen molar-refractivity contribution in [2.24, 2.45) is 0 Å². The van der Waals surface area contributed by atoms with Crippen molar-refractivity contribution in [1.82, 2.24) is 4.98 Å². The number of anilines is 1. The third-order valence-corrected chi connectivity index (χ3v) is 3.28. The molecule has 1 aromatic heterocycles. The number of nitrogens with one attached hydrogen (secondary N) is 1. The minimum atomic E-state index is -0.833. The van der Waals surface area contributed by atoms with Crippen LogP contribution in [0.5, 0.6) is 5.75 Å². The summed E-state index contributed by atoms with van der Waals surface area (Å²) in [4.78, 5) is 26.6. The highest BCUT2D eigenvalue weighted by Gasteiger charge is 2.05. The summed E-state index contributed by atoms with van der Waals surface area (Å²) in [5.74, 6) is -0.308. The Balaban J connectivity index is 1.79. The van der Waals surface area contributed by atoms with Gasteiger partial charge in [0.05, 0.1) is 13.0 Å². The van der Waals surface area contributed by atoms with Gasteiger partial charge in [-0.25, -0.2) is 0 Å². The van der Waals surface area contributed by atoms with E-state index in [4.69, 9.17) is 9.84 Å². The number of benzene rings is 1. The number of aromatic nitrogens is 1. The van der Waals surface area contributed by atoms with E-state index in [9.17, 15) is 9.59 Å². The van der Waals surface area contributed by atoms with Crippen LogP contribution < -0.4 is 10.1 Å². The first-order valence-electron chi connectivity index (χ1n) is 7.69. The second-order valence-corrected chi connectivity index (χ2v) is 5.40. The molecule has 1 aromatic carbocycles. The van der Waals surface area contributed by atoms with Crippen LogP contribution in [0.4, 0.5) is 5.69 Å². The van der Waals surface area contributed by atoms with Crippen LogP contribution in [0.3, 0.4) is 0 Å². The first kappa shape index (κ1) is 17.5. The van der Waals surface area contributed by atoms with Crippen LogP contribution >= 0.6 is 0 Å². The number of aryl methyl sites for hydroxylation is 1. The van der Waals surface area contributed by atoms with Gasteiger partial charge in [0.15, 0.2) is 0 Å². The maximum atomic E-state index is 12.0. The molecule has 2 rings (SSSR count). The van der Waals surface area contributed by atoms with Gasteiger partial charge in [-0.1, -0.05) is 6.07 Å². The summed E-state index contributed by atoms with van der Waals surface area (Å²) >= 11 is 0. The van der Waals surface area contributed by atoms with Crippen molar-refractivity contribution >= 4 is 17.6 Å². The minimum Gasteiger partial charge on any atom is -0.494 e. The molecular weight excluding hydrogens is 308 g/mol. The Morgan fingerprint density at radius 3 is 2.54 bits per heavy atom. The Bertz CT molecular complexity index is 681. The minimum absolute atomic E-state index is 0.0853. The zero-order valence-corrected chi connectivity index (χ0v) is 13.5. The zero-order valence-electron chi connectivity index (χ0n) is 13.5. The molecule has 2 aromatic rings. The largest absolute Gasteiger partial charge is 0.494 e. The Morgan fingerprint density at radius 1 is 1.17 bits per heavy atom. The molecule has 6 nitrogen and oxygen atoms in total. The lowest BCUT2D eigenvalue weighted by Crippen LogP contribution is -2.14. The zero-order chi connectivity index (χ0) is 17.4. The summed E-state index contributed by atoms with van der Waals surface area (Å²) < 4.78 is 5.44. The van der Waals surface area contributed by atoms with Crippen LogP contribution in [0.1, 0.15) is 24.1 Å². The number of carbonyl (C=O) groups excluding carboxylic acids is 1. The van der Waals surface area contributed by atoms with Gasteiger partial charge in [-0.3, -0.25) is 14.6 Å². The first-order valence-corrected chi connectivity index (χ1v) is 7.69. The summed E-state index contributed by atoms with van der Waals surface area (Å²) in [6, 6.07) is 10.7. The summed E-state index contributed by atoms with van der Waals surface area (Å²) in [6.45, 7) is 2.24. The number of carbonyl (C=O) groups is 2. The highest BCUT2D eigenvalue weighted by Crippen LogP contribution is 2.16. The molecule has 1 amide bonds. The van der Waals surface area contributed by atoms with Crippen molar-refractivity contribution in [3.05, 3.63) is 53.9 Å². The highest BCUT2D eigenvalue weighted by molar-refractivity contribution is 5.92. The fraction of sp³-hybridized carbons (Fsp3) is 0.278. The lowest BCUT2D eigenvalue weighted by molar-refractivity contribution is -0.137. The van der Waals surface area contributed by atoms with Gasteiger partial charge >= 0.3 is 5.97 Å². The van der Waals surface area contributed by atoms with Crippen LogP contribution in [0.2, 0.25) is 0 Å². The van der Waals surface area contributed by atoms with Gasteiger partial charge in [-0.05, 0) is 49.2 Å². The van der Waals surface area contributed by atoms with Crippen LogP contribution in [0, 0.1) is 6.92 Å². The molecule has 0 spiro atoms. The summed E-state index contributed by atoms with van der Waals surface area (Å²) in [5, 5.41) is 11.4. The average molecular weight is 328 g/mol. The molecule has 0 saturated heterocycles. The number of carboxylic acids is 1. The molecule has 2 N–H and O–H groups in total. The smallest absolute Gasteiger partial charge is 0.303 e. The van der Waals surface area contributed by atoms with Crippen LogP contribution in [-0.2, 0) is 16.0 Å². The number of hydrogen-bond donors (Lipinski definition) is 2. The van der Waals surface area contributed by atoms with E-state index in [2.05, 4.69) is 10.3 Å². The maximum Gasteiger partial charge on any atom is 0.303 e. The molecule has 0 unspecified atom stereocenters. The molecule has 126 valence electrons. The fourth-order valence-electron chi connectivity index (χ4n) is 2.04. The molecule has 6 heteroatoms. The number of nitrogens with zero attached hydrogens (tertiary/aromatic N) is 1. The number of hydrogen-bond acceptors (Lipinski definition) is 4. The van der Waals surface area contributed by atoms with E-state index in [1.807, 2.05) is 19.1 Å². The van der Waals surface area contributed by atoms with E-state index in [0.29, 0.717) is 24.5 Å². The molecular formula is C18H20N2O4. The van der Waals surface area contributed by atoms with Crippen molar-refractivity contribution < 1.29 is 19.4 Å². The average Bonchev–Trinajstić information content (AvgIpc) is 2.55. The third-order valence-electron chi connectivity index (χ3n) is 3.28. The first-order chi connectivity index (χ1) is 11.5. The second-order valence-electron chi connectivity index (χ2n) is 5.40. The van der Waals surface area contributed by atoms with Crippen LogP contribution in [0.15, 0.2) is 42.6 Å². The number of carboxylic acid groups (broad SMARTS) is 1. The standard InChI is InChI=1S/C18H20N2O4/c1-13-4-5-14(12-19-13)11-17(21)20-15-6-8-16(9-7-15)24-10-2-3-18(22)23/h4-9,12H,2-3,10-11H2,1H3,(H,20,21)(H,22,23). The van der Waals surface area contributed by atoms with E-state index >= 15 is 0 Å². The van der Waals surface area contributed by atoms with Crippen molar-refractivity contribution in [1.29, 1.82) is 0 Å². The van der Waals surface area contributed by atoms with E-state index in [-0.39, 0.29) is 18.7 Å². The Morgan fingerprint density at radius 2 is 1.92 bits per heavy atom. The molecule has 0 aliphatic rings. The van der Waals surface area contributed by atoms with Gasteiger partial charge in [0.2, 0.25) is 5.91 Å². The maximum absolute atomic E-state index is 12.0. The molecule has 0 atom stereocenters. The van der Waals surface area contributed by atoms with E-state index in [0.717, 1.165) is 11.3 Å². The quantitative estimate of drug-likeness (QED) is 0.727. The molecule has 0 saturated carbocycles. The predicted molar refractivity (Wildman–Crippen MR) is 90.1 cm³/mol. The lowest BCUT2D eigenvalue weighted by atomic mass is 10.2. The SMILES string of the molecule is Cc1ccc(CC(=O)Nc2ccc(OCCCC(=O)O)cc2)cn1. The second kappa shape index (κ2) is 8.67. The van der Waals surface area contributed by atoms with Crippen molar-refractivity contribution in [2.45, 2.75) is 26.2 Å². The van der Waals surface area contributed by atoms with Gasteiger partial charge in [0.1, 0.15) is 5.75 Å². The number of amides is 1. The Labute approximate surface area is 140 Å². The van der Waals surface area contributed by atoms with Gasteiger partial charge in [-0.2, -0.15) is 0 Å². The van der Waals surface area contributed by atoms with Gasteiger partial charge in [-0.15, -0.1) is 0 Å². The van der Waals surface area contributed by atoms with Crippen molar-refractivity contribution in [3.63, 3.8) is 0 Å². The number of pyridine rings is 1. The molecule has 0 bridgehead atoms. The fourth-order valence-corrected chi connectivity index (χ4v) is 2.04. The molecule has 0 fully saturated rings. The van der Waals surface area contributed by atoms with Gasteiger partial charge in [0, 0.05) is 24.0 Å². The number of ether oxygens (including phenoxy) is 1. The van der Waals surface area contributed by atoms with E-state index in [1.54, 1.807) is 30.5 Å². The molecule has 0 radical (unpaired) electrons. The molecule has 1 heterocycles. The summed E-state index contributed by atoms with van der Waals surface area (Å²) in [5.41, 5.74) is 2.45. The van der Waals surface area contributed by atoms with Gasteiger partial charge < -0.3 is 15.2 Å². The van der Waals surface area contributed by atoms with E-state index in [1.165, 1.54) is 0 Å². The lowest BCUT2D eigenvalue weighted by Gasteiger charge is -2.08. The van der Waals surface area contributed by atoms with Gasteiger partial charge in [0.25, 0.3) is 0 Å². The molecule has 24 heavy (non-hydrogen) atoms. The Hall–Kier alpha value is -2.89. The van der Waals surface area contributed by atoms with Crippen LogP contribution in [0.25, 0.3) is 0 Å². The van der Waals surface area contributed by atoms with Crippen molar-refractivity contribution in [3.8, 4) is 5.75 Å². The predicted octanol–water partition coefficient (Wildman–Crippen LogP) is 2.81. The number of rotatable bonds is 8.